The molecule has 0 spiro atoms. The summed E-state index contributed by atoms with van der Waals surface area (Å²) >= 11 is 0. The molecule has 2 rings (SSSR count). The molecular formula is C9H9N2O. The molecule has 2 heterocycles. The highest BCUT2D eigenvalue weighted by molar-refractivity contribution is 5.82. The minimum Gasteiger partial charge on any atom is -0.355 e. The van der Waals surface area contributed by atoms with Crippen LogP contribution in [-0.4, -0.2) is 17.4 Å². The summed E-state index contributed by atoms with van der Waals surface area (Å²) in [6.07, 6.45) is 2.24. The quantitative estimate of drug-likeness (QED) is 0.652. The molecule has 0 bridgehead atoms. The number of carbonyl (C=O) groups excluding carboxylic acids is 1. The van der Waals surface area contributed by atoms with Gasteiger partial charge in [-0.2, -0.15) is 0 Å². The Balaban J connectivity index is 2.16. The Kier molecular flexibility index (Phi) is 1.78. The minimum atomic E-state index is 0.0932. The van der Waals surface area contributed by atoms with E-state index in [4.69, 9.17) is 0 Å². The third kappa shape index (κ3) is 1.30. The summed E-state index contributed by atoms with van der Waals surface area (Å²) in [5.74, 6) is 1.18. The highest BCUT2D eigenvalue weighted by Crippen LogP contribution is 2.18. The van der Waals surface area contributed by atoms with Gasteiger partial charge >= 0.3 is 0 Å². The maximum Gasteiger partial charge on any atom is 0.221 e. The van der Waals surface area contributed by atoms with Crippen molar-refractivity contribution in [3.63, 3.8) is 0 Å². The van der Waals surface area contributed by atoms with Crippen LogP contribution in [0.3, 0.4) is 0 Å². The first kappa shape index (κ1) is 7.28. The maximum atomic E-state index is 10.9. The monoisotopic (exact) mass is 161 g/mol. The second-order valence-electron chi connectivity index (χ2n) is 2.77. The number of hydrogen-bond donors (Lipinski definition) is 1. The molecule has 1 aromatic rings. The van der Waals surface area contributed by atoms with Crippen molar-refractivity contribution in [2.24, 2.45) is 0 Å². The van der Waals surface area contributed by atoms with Gasteiger partial charge in [-0.25, -0.2) is 0 Å². The SMILES string of the molecule is O=C1C[C](c2ccccn2)CN1. The second kappa shape index (κ2) is 2.93. The summed E-state index contributed by atoms with van der Waals surface area (Å²) in [6, 6.07) is 5.72. The fraction of sp³-hybridized carbons (Fsp3) is 0.222. The molecule has 0 aliphatic carbocycles. The zero-order valence-electron chi connectivity index (χ0n) is 6.58. The number of aromatic nitrogens is 1. The fourth-order valence-corrected chi connectivity index (χ4v) is 1.28. The molecular weight excluding hydrogens is 152 g/mol. The summed E-state index contributed by atoms with van der Waals surface area (Å²) in [7, 11) is 0. The number of amides is 1. The molecule has 1 N–H and O–H groups in total. The van der Waals surface area contributed by atoms with Crippen LogP contribution in [0.2, 0.25) is 0 Å². The van der Waals surface area contributed by atoms with Gasteiger partial charge < -0.3 is 5.32 Å². The number of pyridine rings is 1. The summed E-state index contributed by atoms with van der Waals surface area (Å²) in [5.41, 5.74) is 0.927. The largest absolute Gasteiger partial charge is 0.355 e. The van der Waals surface area contributed by atoms with Crippen LogP contribution in [0.25, 0.3) is 0 Å². The molecule has 0 atom stereocenters. The van der Waals surface area contributed by atoms with E-state index in [9.17, 15) is 4.79 Å². The number of rotatable bonds is 1. The van der Waals surface area contributed by atoms with Crippen LogP contribution in [0.4, 0.5) is 0 Å². The van der Waals surface area contributed by atoms with Gasteiger partial charge in [-0.1, -0.05) is 6.07 Å². The molecule has 0 unspecified atom stereocenters. The highest BCUT2D eigenvalue weighted by atomic mass is 16.1. The van der Waals surface area contributed by atoms with E-state index >= 15 is 0 Å². The van der Waals surface area contributed by atoms with Gasteiger partial charge in [0.2, 0.25) is 5.91 Å². The lowest BCUT2D eigenvalue weighted by Crippen LogP contribution is -2.13. The molecule has 1 aliphatic rings. The van der Waals surface area contributed by atoms with E-state index in [1.807, 2.05) is 18.2 Å². The molecule has 61 valence electrons. The van der Waals surface area contributed by atoms with Crippen LogP contribution in [-0.2, 0) is 4.79 Å². The molecule has 1 aliphatic heterocycles. The van der Waals surface area contributed by atoms with Crippen LogP contribution in [0.5, 0.6) is 0 Å². The van der Waals surface area contributed by atoms with E-state index in [-0.39, 0.29) is 5.91 Å². The normalized spacial score (nSPS) is 17.8. The molecule has 0 aromatic carbocycles. The lowest BCUT2D eigenvalue weighted by molar-refractivity contribution is -0.118. The summed E-state index contributed by atoms with van der Waals surface area (Å²) < 4.78 is 0. The van der Waals surface area contributed by atoms with E-state index in [0.717, 1.165) is 11.6 Å². The van der Waals surface area contributed by atoms with E-state index in [2.05, 4.69) is 10.3 Å². The first-order chi connectivity index (χ1) is 5.86. The molecule has 1 radical (unpaired) electrons. The third-order valence-corrected chi connectivity index (χ3v) is 1.90. The smallest absolute Gasteiger partial charge is 0.221 e. The molecule has 3 heteroatoms. The second-order valence-corrected chi connectivity index (χ2v) is 2.77. The molecule has 1 saturated heterocycles. The van der Waals surface area contributed by atoms with E-state index in [1.54, 1.807) is 6.20 Å². The Morgan fingerprint density at radius 3 is 2.92 bits per heavy atom. The van der Waals surface area contributed by atoms with Gasteiger partial charge in [-0.3, -0.25) is 9.78 Å². The number of nitrogens with one attached hydrogen (secondary N) is 1. The average Bonchev–Trinajstić information content (AvgIpc) is 2.54. The fourth-order valence-electron chi connectivity index (χ4n) is 1.28. The first-order valence-electron chi connectivity index (χ1n) is 3.89. The van der Waals surface area contributed by atoms with Crippen molar-refractivity contribution >= 4 is 5.91 Å². The standard InChI is InChI=1S/C9H9N2O/c12-9-5-7(6-11-9)8-3-1-2-4-10-8/h1-4H,5-6H2,(H,11,12). The Morgan fingerprint density at radius 2 is 2.33 bits per heavy atom. The Bertz CT molecular complexity index is 284. The van der Waals surface area contributed by atoms with E-state index < -0.39 is 0 Å². The lowest BCUT2D eigenvalue weighted by Gasteiger charge is -2.03. The van der Waals surface area contributed by atoms with Gasteiger partial charge in [-0.05, 0) is 12.1 Å². The first-order valence-corrected chi connectivity index (χ1v) is 3.89. The predicted octanol–water partition coefficient (Wildman–Crippen LogP) is 0.524. The number of hydrogen-bond acceptors (Lipinski definition) is 2. The lowest BCUT2D eigenvalue weighted by atomic mass is 10.0. The predicted molar refractivity (Wildman–Crippen MR) is 44.2 cm³/mol. The van der Waals surface area contributed by atoms with Crippen molar-refractivity contribution in [3.8, 4) is 0 Å². The average molecular weight is 161 g/mol. The molecule has 1 aromatic heterocycles. The summed E-state index contributed by atoms with van der Waals surface area (Å²) in [6.45, 7) is 0.649. The zero-order valence-corrected chi connectivity index (χ0v) is 6.58. The Labute approximate surface area is 70.8 Å². The number of carbonyl (C=O) groups is 1. The van der Waals surface area contributed by atoms with Gasteiger partial charge in [0.05, 0.1) is 5.92 Å². The number of nitrogens with zero attached hydrogens (tertiary/aromatic N) is 1. The van der Waals surface area contributed by atoms with Crippen molar-refractivity contribution in [3.05, 3.63) is 36.0 Å². The van der Waals surface area contributed by atoms with Gasteiger partial charge in [0.15, 0.2) is 0 Å². The van der Waals surface area contributed by atoms with E-state index in [0.29, 0.717) is 13.0 Å². The zero-order chi connectivity index (χ0) is 8.39. The topological polar surface area (TPSA) is 42.0 Å². The van der Waals surface area contributed by atoms with Crippen LogP contribution < -0.4 is 5.32 Å². The Hall–Kier alpha value is -1.38. The van der Waals surface area contributed by atoms with Crippen molar-refractivity contribution in [1.29, 1.82) is 0 Å². The van der Waals surface area contributed by atoms with Crippen LogP contribution in [0.15, 0.2) is 24.4 Å². The van der Waals surface area contributed by atoms with Gasteiger partial charge in [0.25, 0.3) is 0 Å². The van der Waals surface area contributed by atoms with Gasteiger partial charge in [0.1, 0.15) is 0 Å². The molecule has 12 heavy (non-hydrogen) atoms. The van der Waals surface area contributed by atoms with Crippen LogP contribution in [0, 0.1) is 5.92 Å². The van der Waals surface area contributed by atoms with Crippen LogP contribution in [0.1, 0.15) is 12.1 Å². The van der Waals surface area contributed by atoms with Crippen molar-refractivity contribution in [1.82, 2.24) is 10.3 Å². The molecule has 3 nitrogen and oxygen atoms in total. The Morgan fingerprint density at radius 1 is 1.42 bits per heavy atom. The minimum absolute atomic E-state index is 0.0932. The van der Waals surface area contributed by atoms with Crippen molar-refractivity contribution in [2.75, 3.05) is 6.54 Å². The van der Waals surface area contributed by atoms with Gasteiger partial charge in [-0.15, -0.1) is 0 Å². The third-order valence-electron chi connectivity index (χ3n) is 1.90. The van der Waals surface area contributed by atoms with Crippen LogP contribution >= 0.6 is 0 Å². The summed E-state index contributed by atoms with van der Waals surface area (Å²) in [5, 5.41) is 2.75. The molecule has 1 fully saturated rings. The molecule has 0 saturated carbocycles. The maximum absolute atomic E-state index is 10.9. The van der Waals surface area contributed by atoms with E-state index in [1.165, 1.54) is 0 Å². The summed E-state index contributed by atoms with van der Waals surface area (Å²) in [4.78, 5) is 15.0. The highest BCUT2D eigenvalue weighted by Gasteiger charge is 2.24. The van der Waals surface area contributed by atoms with Gasteiger partial charge in [0, 0.05) is 24.9 Å². The molecule has 1 amide bonds. The van der Waals surface area contributed by atoms with Crippen molar-refractivity contribution in [2.45, 2.75) is 6.42 Å². The van der Waals surface area contributed by atoms with Crippen molar-refractivity contribution < 1.29 is 4.79 Å².